The van der Waals surface area contributed by atoms with Crippen molar-refractivity contribution in [3.63, 3.8) is 0 Å². The average Bonchev–Trinajstić information content (AvgIpc) is 3.45. The van der Waals surface area contributed by atoms with Gasteiger partial charge in [0.2, 0.25) is 0 Å². The summed E-state index contributed by atoms with van der Waals surface area (Å²) < 4.78 is 1.75. The van der Waals surface area contributed by atoms with Crippen LogP contribution in [0.2, 0.25) is 10.0 Å². The molecule has 1 aliphatic heterocycles. The summed E-state index contributed by atoms with van der Waals surface area (Å²) in [5.74, 6) is 0.926. The number of hydrogen-bond donors (Lipinski definition) is 1. The van der Waals surface area contributed by atoms with Crippen LogP contribution >= 0.6 is 34.5 Å². The number of hydrazine groups is 1. The zero-order valence-electron chi connectivity index (χ0n) is 16.3. The molecule has 3 aromatic rings. The van der Waals surface area contributed by atoms with Crippen molar-refractivity contribution in [2.45, 2.75) is 13.3 Å². The first-order chi connectivity index (χ1) is 14.5. The van der Waals surface area contributed by atoms with Gasteiger partial charge >= 0.3 is 0 Å². The number of carbonyl (C=O) groups excluding carboxylic acids is 1. The van der Waals surface area contributed by atoms with E-state index in [0.717, 1.165) is 35.6 Å². The molecule has 5 nitrogen and oxygen atoms in total. The van der Waals surface area contributed by atoms with E-state index < -0.39 is 0 Å². The molecule has 8 heteroatoms. The second-order valence-electron chi connectivity index (χ2n) is 7.74. The molecule has 5 rings (SSSR count). The molecular formula is C22H20Cl2N4OS. The van der Waals surface area contributed by atoms with Gasteiger partial charge in [0.05, 0.1) is 21.3 Å². The highest BCUT2D eigenvalue weighted by Crippen LogP contribution is 2.35. The zero-order valence-corrected chi connectivity index (χ0v) is 18.6. The van der Waals surface area contributed by atoms with Crippen molar-refractivity contribution >= 4 is 40.4 Å². The molecular weight excluding hydrogens is 439 g/mol. The Balaban J connectivity index is 1.51. The van der Waals surface area contributed by atoms with Crippen molar-refractivity contribution in [2.24, 2.45) is 11.8 Å². The van der Waals surface area contributed by atoms with Gasteiger partial charge < -0.3 is 0 Å². The molecule has 1 aliphatic carbocycles. The van der Waals surface area contributed by atoms with Crippen molar-refractivity contribution < 1.29 is 4.79 Å². The van der Waals surface area contributed by atoms with Crippen LogP contribution in [0, 0.1) is 18.8 Å². The Hall–Kier alpha value is -2.12. The molecule has 1 fully saturated rings. The minimum Gasteiger partial charge on any atom is -0.283 e. The Morgan fingerprint density at radius 2 is 2.13 bits per heavy atom. The number of nitrogens with zero attached hydrogens (tertiary/aromatic N) is 3. The fraction of sp³-hybridized carbons (Fsp3) is 0.273. The molecule has 30 heavy (non-hydrogen) atoms. The SMILES string of the molecule is Cc1c(C(=O)NN2CC3C=CCC3C2)nn(-c2ccc(Cl)cc2Cl)c1-c1cccs1. The van der Waals surface area contributed by atoms with E-state index in [9.17, 15) is 4.79 Å². The van der Waals surface area contributed by atoms with Crippen LogP contribution in [0.1, 0.15) is 22.5 Å². The molecule has 154 valence electrons. The number of nitrogens with one attached hydrogen (secondary N) is 1. The van der Waals surface area contributed by atoms with E-state index in [0.29, 0.717) is 33.3 Å². The molecule has 0 spiro atoms. The summed E-state index contributed by atoms with van der Waals surface area (Å²) in [4.78, 5) is 14.2. The molecule has 1 saturated heterocycles. The van der Waals surface area contributed by atoms with E-state index in [1.807, 2.05) is 35.5 Å². The number of fused-ring (bicyclic) bond motifs is 1. The van der Waals surface area contributed by atoms with Crippen LogP contribution in [-0.4, -0.2) is 33.8 Å². The second-order valence-corrected chi connectivity index (χ2v) is 9.53. The molecule has 2 aliphatic rings. The Labute approximate surface area is 188 Å². The van der Waals surface area contributed by atoms with E-state index in [4.69, 9.17) is 23.2 Å². The maximum absolute atomic E-state index is 13.1. The first-order valence-electron chi connectivity index (χ1n) is 9.83. The van der Waals surface area contributed by atoms with Crippen LogP contribution in [-0.2, 0) is 0 Å². The number of amides is 1. The van der Waals surface area contributed by atoms with E-state index in [2.05, 4.69) is 22.7 Å². The minimum absolute atomic E-state index is 0.196. The Bertz CT molecular complexity index is 1140. The van der Waals surface area contributed by atoms with Crippen molar-refractivity contribution in [2.75, 3.05) is 13.1 Å². The highest BCUT2D eigenvalue weighted by Gasteiger charge is 2.34. The summed E-state index contributed by atoms with van der Waals surface area (Å²) in [7, 11) is 0. The van der Waals surface area contributed by atoms with Gasteiger partial charge in [-0.25, -0.2) is 9.69 Å². The summed E-state index contributed by atoms with van der Waals surface area (Å²) in [5, 5.41) is 9.74. The van der Waals surface area contributed by atoms with Gasteiger partial charge in [-0.2, -0.15) is 5.10 Å². The summed E-state index contributed by atoms with van der Waals surface area (Å²) in [6, 6.07) is 9.28. The zero-order chi connectivity index (χ0) is 20.8. The lowest BCUT2D eigenvalue weighted by atomic mass is 10.0. The number of halogens is 2. The van der Waals surface area contributed by atoms with Gasteiger partial charge in [-0.1, -0.05) is 41.4 Å². The van der Waals surface area contributed by atoms with E-state index in [1.54, 1.807) is 28.2 Å². The van der Waals surface area contributed by atoms with E-state index in [1.165, 1.54) is 0 Å². The lowest BCUT2D eigenvalue weighted by molar-refractivity contribution is 0.0812. The molecule has 0 saturated carbocycles. The quantitative estimate of drug-likeness (QED) is 0.534. The third-order valence-corrected chi connectivity index (χ3v) is 7.22. The number of carbonyl (C=O) groups is 1. The fourth-order valence-corrected chi connectivity index (χ4v) is 5.62. The molecule has 1 amide bonds. The second kappa shape index (κ2) is 7.85. The summed E-state index contributed by atoms with van der Waals surface area (Å²) in [6.45, 7) is 3.64. The van der Waals surface area contributed by atoms with Crippen molar-refractivity contribution in [1.82, 2.24) is 20.2 Å². The third-order valence-electron chi connectivity index (χ3n) is 5.80. The van der Waals surface area contributed by atoms with Crippen molar-refractivity contribution in [3.8, 4) is 16.3 Å². The number of aromatic nitrogens is 2. The average molecular weight is 459 g/mol. The maximum atomic E-state index is 13.1. The van der Waals surface area contributed by atoms with Crippen LogP contribution in [0.25, 0.3) is 16.3 Å². The predicted octanol–water partition coefficient (Wildman–Crippen LogP) is 5.37. The fourth-order valence-electron chi connectivity index (χ4n) is 4.32. The molecule has 0 radical (unpaired) electrons. The van der Waals surface area contributed by atoms with Gasteiger partial charge in [0, 0.05) is 23.7 Å². The van der Waals surface area contributed by atoms with Gasteiger partial charge in [-0.05, 0) is 54.8 Å². The maximum Gasteiger partial charge on any atom is 0.286 e. The standard InChI is InChI=1S/C22H20Cl2N4OS/c1-13-20(22(29)26-27-11-14-4-2-5-15(14)12-27)25-28(21(13)19-6-3-9-30-19)18-8-7-16(23)10-17(18)24/h2-4,6-10,14-15H,5,11-12H2,1H3,(H,26,29). The highest BCUT2D eigenvalue weighted by atomic mass is 35.5. The number of rotatable bonds is 4. The van der Waals surface area contributed by atoms with Gasteiger partial charge in [-0.15, -0.1) is 11.3 Å². The van der Waals surface area contributed by atoms with Crippen LogP contribution in [0.3, 0.4) is 0 Å². The predicted molar refractivity (Wildman–Crippen MR) is 121 cm³/mol. The van der Waals surface area contributed by atoms with Crippen LogP contribution in [0.4, 0.5) is 0 Å². The summed E-state index contributed by atoms with van der Waals surface area (Å²) in [6.07, 6.45) is 5.58. The smallest absolute Gasteiger partial charge is 0.283 e. The van der Waals surface area contributed by atoms with Crippen molar-refractivity contribution in [1.29, 1.82) is 0 Å². The van der Waals surface area contributed by atoms with Crippen LogP contribution in [0.15, 0.2) is 47.9 Å². The van der Waals surface area contributed by atoms with Crippen LogP contribution in [0.5, 0.6) is 0 Å². The highest BCUT2D eigenvalue weighted by molar-refractivity contribution is 7.13. The van der Waals surface area contributed by atoms with Gasteiger partial charge in [0.25, 0.3) is 5.91 Å². The molecule has 1 aromatic carbocycles. The molecule has 2 unspecified atom stereocenters. The molecule has 2 atom stereocenters. The van der Waals surface area contributed by atoms with Crippen molar-refractivity contribution in [3.05, 3.63) is 69.2 Å². The van der Waals surface area contributed by atoms with Gasteiger partial charge in [0.15, 0.2) is 5.69 Å². The topological polar surface area (TPSA) is 50.2 Å². The van der Waals surface area contributed by atoms with Gasteiger partial charge in [-0.3, -0.25) is 10.2 Å². The van der Waals surface area contributed by atoms with Gasteiger partial charge in [0.1, 0.15) is 0 Å². The van der Waals surface area contributed by atoms with Crippen LogP contribution < -0.4 is 5.43 Å². The number of hydrogen-bond acceptors (Lipinski definition) is 4. The molecule has 3 heterocycles. The number of benzene rings is 1. The Morgan fingerprint density at radius 3 is 2.87 bits per heavy atom. The van der Waals surface area contributed by atoms with E-state index in [-0.39, 0.29) is 5.91 Å². The first-order valence-corrected chi connectivity index (χ1v) is 11.5. The molecule has 1 N–H and O–H groups in total. The number of allylic oxidation sites excluding steroid dienone is 1. The normalized spacial score (nSPS) is 20.6. The summed E-state index contributed by atoms with van der Waals surface area (Å²) >= 11 is 14.2. The molecule has 2 aromatic heterocycles. The lowest BCUT2D eigenvalue weighted by Crippen LogP contribution is -2.41. The first kappa shape index (κ1) is 19.8. The molecule has 0 bridgehead atoms. The Morgan fingerprint density at radius 1 is 1.27 bits per heavy atom. The third kappa shape index (κ3) is 3.48. The summed E-state index contributed by atoms with van der Waals surface area (Å²) in [5.41, 5.74) is 5.83. The largest absolute Gasteiger partial charge is 0.286 e. The van der Waals surface area contributed by atoms with E-state index >= 15 is 0 Å². The lowest BCUT2D eigenvalue weighted by Gasteiger charge is -2.16. The monoisotopic (exact) mass is 458 g/mol. The number of thiophene rings is 1. The Kier molecular flexibility index (Phi) is 5.19. The minimum atomic E-state index is -0.196.